The lowest BCUT2D eigenvalue weighted by molar-refractivity contribution is -0.274. The number of ketones is 1. The van der Waals surface area contributed by atoms with Gasteiger partial charge in [-0.2, -0.15) is 0 Å². The monoisotopic (exact) mass is 518 g/mol. The highest BCUT2D eigenvalue weighted by molar-refractivity contribution is 7.99. The summed E-state index contributed by atoms with van der Waals surface area (Å²) in [6, 6.07) is 16.1. The normalized spacial score (nSPS) is 15.9. The Morgan fingerprint density at radius 1 is 1.06 bits per heavy atom. The molecule has 5 nitrogen and oxygen atoms in total. The zero-order chi connectivity index (χ0) is 25.9. The number of anilines is 1. The van der Waals surface area contributed by atoms with E-state index in [4.69, 9.17) is 5.73 Å². The maximum atomic E-state index is 14.9. The summed E-state index contributed by atoms with van der Waals surface area (Å²) in [5, 5.41) is 0. The van der Waals surface area contributed by atoms with E-state index in [9.17, 15) is 27.2 Å². The minimum Gasteiger partial charge on any atom is -0.406 e. The molecule has 0 aliphatic carbocycles. The van der Waals surface area contributed by atoms with Crippen molar-refractivity contribution in [3.8, 4) is 5.75 Å². The summed E-state index contributed by atoms with van der Waals surface area (Å²) in [7, 11) is 0. The van der Waals surface area contributed by atoms with Crippen LogP contribution in [0.1, 0.15) is 27.9 Å². The summed E-state index contributed by atoms with van der Waals surface area (Å²) >= 11 is 1.21. The minimum absolute atomic E-state index is 0.0321. The predicted molar refractivity (Wildman–Crippen MR) is 129 cm³/mol. The summed E-state index contributed by atoms with van der Waals surface area (Å²) in [5.41, 5.74) is 7.67. The summed E-state index contributed by atoms with van der Waals surface area (Å²) in [6.07, 6.45) is -4.30. The lowest BCUT2D eigenvalue weighted by atomic mass is 10.0. The molecule has 1 aliphatic rings. The van der Waals surface area contributed by atoms with Gasteiger partial charge in [-0.3, -0.25) is 9.59 Å². The quantitative estimate of drug-likeness (QED) is 0.330. The van der Waals surface area contributed by atoms with E-state index in [1.807, 2.05) is 30.3 Å². The first-order valence-corrected chi connectivity index (χ1v) is 12.0. The third-order valence-corrected chi connectivity index (χ3v) is 6.79. The Morgan fingerprint density at radius 2 is 1.75 bits per heavy atom. The van der Waals surface area contributed by atoms with Gasteiger partial charge in [0, 0.05) is 17.1 Å². The number of carbonyl (C=O) groups excluding carboxylic acids is 2. The van der Waals surface area contributed by atoms with E-state index in [-0.39, 0.29) is 24.3 Å². The van der Waals surface area contributed by atoms with Crippen LogP contribution in [0.4, 0.5) is 23.2 Å². The van der Waals surface area contributed by atoms with Gasteiger partial charge in [0.2, 0.25) is 5.91 Å². The van der Waals surface area contributed by atoms with Crippen LogP contribution in [0.25, 0.3) is 0 Å². The Bertz CT molecular complexity index is 1250. The van der Waals surface area contributed by atoms with E-state index in [1.54, 1.807) is 0 Å². The molecule has 0 saturated carbocycles. The summed E-state index contributed by atoms with van der Waals surface area (Å²) in [6.45, 7) is -0.0321. The van der Waals surface area contributed by atoms with E-state index >= 15 is 0 Å². The Kier molecular flexibility index (Phi) is 7.65. The number of thioether (sulfide) groups is 1. The third-order valence-electron chi connectivity index (χ3n) is 5.62. The van der Waals surface area contributed by atoms with Crippen molar-refractivity contribution < 1.29 is 31.9 Å². The van der Waals surface area contributed by atoms with Gasteiger partial charge in [0.25, 0.3) is 0 Å². The second-order valence-electron chi connectivity index (χ2n) is 8.24. The molecular formula is C26H22F4N2O3S. The fourth-order valence-electron chi connectivity index (χ4n) is 3.83. The van der Waals surface area contributed by atoms with Gasteiger partial charge in [-0.05, 0) is 41.8 Å². The van der Waals surface area contributed by atoms with Gasteiger partial charge in [-0.25, -0.2) is 4.39 Å². The van der Waals surface area contributed by atoms with Gasteiger partial charge in [0.15, 0.2) is 5.78 Å². The Labute approximate surface area is 209 Å². The number of rotatable bonds is 7. The fourth-order valence-corrected chi connectivity index (χ4v) is 4.84. The van der Waals surface area contributed by atoms with Crippen LogP contribution in [0.2, 0.25) is 0 Å². The second kappa shape index (κ2) is 10.7. The molecule has 1 atom stereocenters. The first-order valence-electron chi connectivity index (χ1n) is 11.1. The first-order chi connectivity index (χ1) is 17.1. The molecule has 3 aromatic rings. The van der Waals surface area contributed by atoms with Gasteiger partial charge < -0.3 is 15.4 Å². The van der Waals surface area contributed by atoms with Gasteiger partial charge in [-0.15, -0.1) is 24.9 Å². The van der Waals surface area contributed by atoms with Crippen molar-refractivity contribution in [2.24, 2.45) is 5.73 Å². The number of aryl methyl sites for hydroxylation is 1. The number of ether oxygens (including phenoxy) is 1. The van der Waals surface area contributed by atoms with Crippen molar-refractivity contribution in [1.29, 1.82) is 0 Å². The van der Waals surface area contributed by atoms with Crippen LogP contribution >= 0.6 is 11.8 Å². The summed E-state index contributed by atoms with van der Waals surface area (Å²) in [5.74, 6) is -1.71. The number of Topliss-reactive ketones (excluding diaryl/α,β-unsaturated/α-hetero) is 1. The van der Waals surface area contributed by atoms with E-state index in [1.165, 1.54) is 40.9 Å². The zero-order valence-electron chi connectivity index (χ0n) is 18.9. The Morgan fingerprint density at radius 3 is 2.42 bits per heavy atom. The minimum atomic E-state index is -4.82. The van der Waals surface area contributed by atoms with Crippen molar-refractivity contribution in [1.82, 2.24) is 0 Å². The number of halogens is 4. The van der Waals surface area contributed by atoms with Crippen LogP contribution in [0.5, 0.6) is 5.75 Å². The molecular weight excluding hydrogens is 496 g/mol. The number of nitrogens with two attached hydrogens (primary N) is 1. The van der Waals surface area contributed by atoms with Crippen molar-refractivity contribution >= 4 is 29.1 Å². The molecule has 0 spiro atoms. The standard InChI is InChI=1S/C26H22F4N2O3S/c27-20-13-24-22(12-19(20)23(33)11-8-16-4-2-1-3-5-16)32(25(34)21(31)15-36-24)14-17-6-9-18(10-7-17)35-26(28,29)30/h1-7,9-10,12-13,21H,8,11,14-15,31H2/t21-/m0/s1. The average Bonchev–Trinajstić information content (AvgIpc) is 2.95. The number of hydrogen-bond donors (Lipinski definition) is 1. The molecule has 36 heavy (non-hydrogen) atoms. The number of benzene rings is 3. The number of carbonyl (C=O) groups is 2. The summed E-state index contributed by atoms with van der Waals surface area (Å²) < 4.78 is 56.2. The van der Waals surface area contributed by atoms with Crippen LogP contribution in [0.15, 0.2) is 71.6 Å². The molecule has 0 radical (unpaired) electrons. The van der Waals surface area contributed by atoms with Crippen LogP contribution in [-0.4, -0.2) is 29.8 Å². The predicted octanol–water partition coefficient (Wildman–Crippen LogP) is 5.51. The average molecular weight is 519 g/mol. The Balaban J connectivity index is 1.61. The molecule has 1 amide bonds. The molecule has 1 heterocycles. The van der Waals surface area contributed by atoms with Gasteiger partial charge in [-0.1, -0.05) is 42.5 Å². The van der Waals surface area contributed by atoms with Gasteiger partial charge in [0.1, 0.15) is 11.6 Å². The van der Waals surface area contributed by atoms with E-state index < -0.39 is 35.7 Å². The highest BCUT2D eigenvalue weighted by Gasteiger charge is 2.32. The van der Waals surface area contributed by atoms with Crippen molar-refractivity contribution in [3.63, 3.8) is 0 Å². The highest BCUT2D eigenvalue weighted by Crippen LogP contribution is 2.37. The molecule has 3 aromatic carbocycles. The fraction of sp³-hybridized carbons (Fsp3) is 0.231. The maximum Gasteiger partial charge on any atom is 0.573 e. The van der Waals surface area contributed by atoms with Crippen molar-refractivity contribution in [3.05, 3.63) is 89.2 Å². The lowest BCUT2D eigenvalue weighted by Crippen LogP contribution is -2.44. The number of nitrogens with zero attached hydrogens (tertiary/aromatic N) is 1. The number of fused-ring (bicyclic) bond motifs is 1. The molecule has 0 aromatic heterocycles. The number of hydrogen-bond acceptors (Lipinski definition) is 5. The first kappa shape index (κ1) is 25.7. The van der Waals surface area contributed by atoms with Crippen molar-refractivity contribution in [2.45, 2.75) is 36.7 Å². The maximum absolute atomic E-state index is 14.9. The molecule has 0 bridgehead atoms. The largest absolute Gasteiger partial charge is 0.573 e. The van der Waals surface area contributed by atoms with E-state index in [2.05, 4.69) is 4.74 Å². The summed E-state index contributed by atoms with van der Waals surface area (Å²) in [4.78, 5) is 27.8. The Hall–Kier alpha value is -3.37. The van der Waals surface area contributed by atoms with Crippen LogP contribution in [-0.2, 0) is 17.8 Å². The van der Waals surface area contributed by atoms with Crippen LogP contribution < -0.4 is 15.4 Å². The smallest absolute Gasteiger partial charge is 0.406 e. The van der Waals surface area contributed by atoms with Crippen molar-refractivity contribution in [2.75, 3.05) is 10.7 Å². The van der Waals surface area contributed by atoms with Crippen LogP contribution in [0.3, 0.4) is 0 Å². The molecule has 1 aliphatic heterocycles. The molecule has 10 heteroatoms. The molecule has 188 valence electrons. The number of amides is 1. The van der Waals surface area contributed by atoms with E-state index in [0.717, 1.165) is 17.7 Å². The topological polar surface area (TPSA) is 72.6 Å². The SMILES string of the molecule is N[C@H]1CSc2cc(F)c(C(=O)CCc3ccccc3)cc2N(Cc2ccc(OC(F)(F)F)cc2)C1=O. The molecule has 2 N–H and O–H groups in total. The van der Waals surface area contributed by atoms with E-state index in [0.29, 0.717) is 22.6 Å². The van der Waals surface area contributed by atoms with Gasteiger partial charge >= 0.3 is 6.36 Å². The molecule has 0 saturated heterocycles. The molecule has 0 unspecified atom stereocenters. The lowest BCUT2D eigenvalue weighted by Gasteiger charge is -2.25. The molecule has 0 fully saturated rings. The highest BCUT2D eigenvalue weighted by atomic mass is 32.2. The number of alkyl halides is 3. The molecule has 4 rings (SSSR count). The zero-order valence-corrected chi connectivity index (χ0v) is 19.7. The van der Waals surface area contributed by atoms with Gasteiger partial charge in [0.05, 0.1) is 23.8 Å². The van der Waals surface area contributed by atoms with Crippen LogP contribution in [0, 0.1) is 5.82 Å². The third kappa shape index (κ3) is 6.24. The second-order valence-corrected chi connectivity index (χ2v) is 9.30.